The highest BCUT2D eigenvalue weighted by molar-refractivity contribution is 7.99. The van der Waals surface area contributed by atoms with Crippen LogP contribution < -0.4 is 5.73 Å². The maximum Gasteiger partial charge on any atom is 0.187 e. The summed E-state index contributed by atoms with van der Waals surface area (Å²) in [6.45, 7) is 4.77. The van der Waals surface area contributed by atoms with E-state index >= 15 is 0 Å². The summed E-state index contributed by atoms with van der Waals surface area (Å²) in [4.78, 5) is 8.70. The SMILES string of the molecule is Cc1cc(C)nc(SCCCCN)n1. The van der Waals surface area contributed by atoms with Gasteiger partial charge in [0, 0.05) is 17.1 Å². The van der Waals surface area contributed by atoms with E-state index in [1.807, 2.05) is 19.9 Å². The number of unbranched alkanes of at least 4 members (excludes halogenated alkanes) is 1. The van der Waals surface area contributed by atoms with Gasteiger partial charge in [0.05, 0.1) is 0 Å². The maximum atomic E-state index is 5.42. The minimum absolute atomic E-state index is 0.772. The Morgan fingerprint density at radius 1 is 1.21 bits per heavy atom. The highest BCUT2D eigenvalue weighted by Crippen LogP contribution is 2.15. The number of aromatic nitrogens is 2. The lowest BCUT2D eigenvalue weighted by Crippen LogP contribution is -1.99. The van der Waals surface area contributed by atoms with Crippen molar-refractivity contribution in [3.63, 3.8) is 0 Å². The topological polar surface area (TPSA) is 51.8 Å². The number of nitrogens with two attached hydrogens (primary N) is 1. The summed E-state index contributed by atoms with van der Waals surface area (Å²) in [5.74, 6) is 1.06. The van der Waals surface area contributed by atoms with E-state index in [0.717, 1.165) is 41.7 Å². The number of aryl methyl sites for hydroxylation is 2. The molecule has 0 radical (unpaired) electrons. The molecule has 1 heterocycles. The molecule has 78 valence electrons. The molecule has 0 aliphatic carbocycles. The average molecular weight is 211 g/mol. The second kappa shape index (κ2) is 5.98. The molecule has 0 unspecified atom stereocenters. The van der Waals surface area contributed by atoms with Crippen molar-refractivity contribution in [1.29, 1.82) is 0 Å². The zero-order valence-electron chi connectivity index (χ0n) is 8.79. The smallest absolute Gasteiger partial charge is 0.187 e. The Morgan fingerprint density at radius 2 is 1.86 bits per heavy atom. The molecule has 0 amide bonds. The van der Waals surface area contributed by atoms with Crippen LogP contribution in [-0.4, -0.2) is 22.3 Å². The van der Waals surface area contributed by atoms with Crippen LogP contribution in [0.15, 0.2) is 11.2 Å². The van der Waals surface area contributed by atoms with Crippen molar-refractivity contribution >= 4 is 11.8 Å². The van der Waals surface area contributed by atoms with Crippen LogP contribution in [0.25, 0.3) is 0 Å². The highest BCUT2D eigenvalue weighted by Gasteiger charge is 1.99. The van der Waals surface area contributed by atoms with Gasteiger partial charge < -0.3 is 5.73 Å². The summed E-state index contributed by atoms with van der Waals surface area (Å²) < 4.78 is 0. The Bertz CT molecular complexity index is 268. The van der Waals surface area contributed by atoms with Crippen LogP contribution in [0.2, 0.25) is 0 Å². The van der Waals surface area contributed by atoms with Crippen LogP contribution in [0.1, 0.15) is 24.2 Å². The second-order valence-electron chi connectivity index (χ2n) is 3.28. The van der Waals surface area contributed by atoms with E-state index in [1.165, 1.54) is 0 Å². The number of hydrogen-bond acceptors (Lipinski definition) is 4. The molecule has 14 heavy (non-hydrogen) atoms. The summed E-state index contributed by atoms with van der Waals surface area (Å²) in [7, 11) is 0. The second-order valence-corrected chi connectivity index (χ2v) is 4.34. The van der Waals surface area contributed by atoms with E-state index in [0.29, 0.717) is 0 Å². The van der Waals surface area contributed by atoms with E-state index in [9.17, 15) is 0 Å². The first kappa shape index (κ1) is 11.5. The summed E-state index contributed by atoms with van der Waals surface area (Å²) in [5.41, 5.74) is 7.50. The molecule has 0 aliphatic rings. The van der Waals surface area contributed by atoms with Gasteiger partial charge in [-0.05, 0) is 39.3 Å². The largest absolute Gasteiger partial charge is 0.330 e. The summed E-state index contributed by atoms with van der Waals surface area (Å²) in [6.07, 6.45) is 2.22. The Kier molecular flexibility index (Phi) is 4.90. The first-order valence-electron chi connectivity index (χ1n) is 4.87. The van der Waals surface area contributed by atoms with Crippen molar-refractivity contribution in [3.05, 3.63) is 17.5 Å². The van der Waals surface area contributed by atoms with Gasteiger partial charge in [0.1, 0.15) is 0 Å². The predicted molar refractivity (Wildman–Crippen MR) is 60.5 cm³/mol. The third-order valence-corrected chi connectivity index (χ3v) is 2.72. The number of nitrogens with zero attached hydrogens (tertiary/aromatic N) is 2. The van der Waals surface area contributed by atoms with Crippen molar-refractivity contribution < 1.29 is 0 Å². The molecular formula is C10H17N3S. The fourth-order valence-corrected chi connectivity index (χ4v) is 2.12. The van der Waals surface area contributed by atoms with Crippen LogP contribution in [0.4, 0.5) is 0 Å². The van der Waals surface area contributed by atoms with Crippen LogP contribution in [-0.2, 0) is 0 Å². The molecule has 0 saturated heterocycles. The minimum atomic E-state index is 0.772. The Balaban J connectivity index is 2.42. The van der Waals surface area contributed by atoms with Gasteiger partial charge >= 0.3 is 0 Å². The van der Waals surface area contributed by atoms with Crippen molar-refractivity contribution in [3.8, 4) is 0 Å². The van der Waals surface area contributed by atoms with Crippen molar-refractivity contribution in [1.82, 2.24) is 9.97 Å². The van der Waals surface area contributed by atoms with Crippen molar-refractivity contribution in [2.24, 2.45) is 5.73 Å². The molecule has 0 atom stereocenters. The molecule has 4 heteroatoms. The molecule has 1 aromatic heterocycles. The number of hydrogen-bond donors (Lipinski definition) is 1. The predicted octanol–water partition coefficient (Wildman–Crippen LogP) is 1.92. The molecule has 0 aliphatic heterocycles. The molecule has 2 N–H and O–H groups in total. The van der Waals surface area contributed by atoms with Crippen molar-refractivity contribution in [2.75, 3.05) is 12.3 Å². The van der Waals surface area contributed by atoms with Crippen LogP contribution >= 0.6 is 11.8 Å². The third kappa shape index (κ3) is 4.07. The zero-order chi connectivity index (χ0) is 10.4. The lowest BCUT2D eigenvalue weighted by atomic mass is 10.3. The molecule has 0 saturated carbocycles. The number of thioether (sulfide) groups is 1. The van der Waals surface area contributed by atoms with E-state index in [2.05, 4.69) is 9.97 Å². The van der Waals surface area contributed by atoms with Gasteiger partial charge in [-0.3, -0.25) is 0 Å². The molecule has 0 spiro atoms. The Labute approximate surface area is 89.5 Å². The maximum absolute atomic E-state index is 5.42. The monoisotopic (exact) mass is 211 g/mol. The van der Waals surface area contributed by atoms with E-state index < -0.39 is 0 Å². The van der Waals surface area contributed by atoms with E-state index in [-0.39, 0.29) is 0 Å². The summed E-state index contributed by atoms with van der Waals surface area (Å²) in [5, 5.41) is 0.888. The molecule has 3 nitrogen and oxygen atoms in total. The lowest BCUT2D eigenvalue weighted by Gasteiger charge is -2.02. The van der Waals surface area contributed by atoms with Gasteiger partial charge in [0.25, 0.3) is 0 Å². The van der Waals surface area contributed by atoms with Gasteiger partial charge in [0.2, 0.25) is 0 Å². The standard InChI is InChI=1S/C10H17N3S/c1-8-7-9(2)13-10(12-8)14-6-4-3-5-11/h7H,3-6,11H2,1-2H3. The molecule has 0 aromatic carbocycles. The molecule has 0 fully saturated rings. The fourth-order valence-electron chi connectivity index (χ4n) is 1.17. The third-order valence-electron chi connectivity index (χ3n) is 1.79. The normalized spacial score (nSPS) is 10.5. The van der Waals surface area contributed by atoms with E-state index in [4.69, 9.17) is 5.73 Å². The van der Waals surface area contributed by atoms with Crippen molar-refractivity contribution in [2.45, 2.75) is 31.8 Å². The fraction of sp³-hybridized carbons (Fsp3) is 0.600. The van der Waals surface area contributed by atoms with Crippen LogP contribution in [0.5, 0.6) is 0 Å². The van der Waals surface area contributed by atoms with Gasteiger partial charge in [-0.2, -0.15) is 0 Å². The van der Waals surface area contributed by atoms with E-state index in [1.54, 1.807) is 11.8 Å². The zero-order valence-corrected chi connectivity index (χ0v) is 9.60. The summed E-state index contributed by atoms with van der Waals surface area (Å²) >= 11 is 1.71. The van der Waals surface area contributed by atoms with Gasteiger partial charge in [-0.1, -0.05) is 11.8 Å². The van der Waals surface area contributed by atoms with Gasteiger partial charge in [-0.25, -0.2) is 9.97 Å². The van der Waals surface area contributed by atoms with Crippen LogP contribution in [0.3, 0.4) is 0 Å². The average Bonchev–Trinajstić information content (AvgIpc) is 2.11. The van der Waals surface area contributed by atoms with Crippen LogP contribution in [0, 0.1) is 13.8 Å². The lowest BCUT2D eigenvalue weighted by molar-refractivity contribution is 0.811. The molecule has 0 bridgehead atoms. The molecular weight excluding hydrogens is 194 g/mol. The summed E-state index contributed by atoms with van der Waals surface area (Å²) in [6, 6.07) is 1.99. The first-order chi connectivity index (χ1) is 6.72. The first-order valence-corrected chi connectivity index (χ1v) is 5.86. The highest BCUT2D eigenvalue weighted by atomic mass is 32.2. The quantitative estimate of drug-likeness (QED) is 0.459. The van der Waals surface area contributed by atoms with Gasteiger partial charge in [0.15, 0.2) is 5.16 Å². The Morgan fingerprint density at radius 3 is 2.43 bits per heavy atom. The number of rotatable bonds is 5. The molecule has 1 aromatic rings. The van der Waals surface area contributed by atoms with Gasteiger partial charge in [-0.15, -0.1) is 0 Å². The molecule has 1 rings (SSSR count). The Hall–Kier alpha value is -0.610. The minimum Gasteiger partial charge on any atom is -0.330 e.